The van der Waals surface area contributed by atoms with Crippen molar-refractivity contribution in [3.8, 4) is 44.5 Å². The summed E-state index contributed by atoms with van der Waals surface area (Å²) in [6, 6.07) is 43.8. The van der Waals surface area contributed by atoms with E-state index < -0.39 is 24.0 Å². The number of rotatable bonds is 4. The second-order valence-corrected chi connectivity index (χ2v) is 14.3. The molecular formula is C48H24F6N4. The Labute approximate surface area is 324 Å². The maximum atomic E-state index is 14.8. The maximum Gasteiger partial charge on any atom is 0.451 e. The fourth-order valence-corrected chi connectivity index (χ4v) is 8.60. The lowest BCUT2D eigenvalue weighted by molar-refractivity contribution is -0.145. The van der Waals surface area contributed by atoms with Crippen molar-refractivity contribution in [2.24, 2.45) is 0 Å². The van der Waals surface area contributed by atoms with Crippen LogP contribution in [0.5, 0.6) is 0 Å². The number of halogens is 6. The van der Waals surface area contributed by atoms with Gasteiger partial charge in [-0.3, -0.25) is 0 Å². The molecule has 0 aliphatic heterocycles. The average molecular weight is 771 g/mol. The number of hydrogen-bond donors (Lipinski definition) is 0. The largest absolute Gasteiger partial charge is 0.451 e. The third-order valence-electron chi connectivity index (χ3n) is 11.0. The first-order chi connectivity index (χ1) is 28.0. The van der Waals surface area contributed by atoms with E-state index in [1.54, 1.807) is 0 Å². The normalized spacial score (nSPS) is 12.7. The molecule has 2 heterocycles. The third-order valence-corrected chi connectivity index (χ3v) is 11.0. The van der Waals surface area contributed by atoms with Gasteiger partial charge in [0, 0.05) is 43.8 Å². The van der Waals surface area contributed by atoms with E-state index in [-0.39, 0.29) is 22.1 Å². The first-order valence-corrected chi connectivity index (χ1v) is 18.4. The Morgan fingerprint density at radius 1 is 0.293 bits per heavy atom. The summed E-state index contributed by atoms with van der Waals surface area (Å²) in [5, 5.41) is 4.87. The van der Waals surface area contributed by atoms with Crippen LogP contribution >= 0.6 is 0 Å². The molecule has 0 N–H and O–H groups in total. The number of alkyl halides is 6. The molecule has 10 heteroatoms. The molecule has 0 amide bonds. The van der Waals surface area contributed by atoms with Crippen molar-refractivity contribution in [2.45, 2.75) is 12.4 Å². The van der Waals surface area contributed by atoms with E-state index in [2.05, 4.69) is 19.9 Å². The average Bonchev–Trinajstić information content (AvgIpc) is 3.24. The Morgan fingerprint density at radius 2 is 0.517 bits per heavy atom. The Hall–Kier alpha value is -7.20. The summed E-state index contributed by atoms with van der Waals surface area (Å²) in [7, 11) is 0. The summed E-state index contributed by atoms with van der Waals surface area (Å²) in [4.78, 5) is 17.2. The Bertz CT molecular complexity index is 2960. The van der Waals surface area contributed by atoms with Crippen molar-refractivity contribution >= 4 is 65.2 Å². The molecule has 0 radical (unpaired) electrons. The van der Waals surface area contributed by atoms with Gasteiger partial charge in [0.05, 0.1) is 22.1 Å². The Balaban J connectivity index is 1.47. The minimum atomic E-state index is -4.85. The fraction of sp³-hybridized carbons (Fsp3) is 0.0417. The van der Waals surface area contributed by atoms with Crippen molar-refractivity contribution in [1.82, 2.24) is 19.9 Å². The molecule has 0 saturated carbocycles. The van der Waals surface area contributed by atoms with Crippen molar-refractivity contribution in [1.29, 1.82) is 0 Å². The van der Waals surface area contributed by atoms with E-state index in [0.717, 1.165) is 0 Å². The molecule has 4 nitrogen and oxygen atoms in total. The van der Waals surface area contributed by atoms with E-state index in [4.69, 9.17) is 0 Å². The second kappa shape index (κ2) is 12.1. The van der Waals surface area contributed by atoms with Crippen LogP contribution in [0.15, 0.2) is 146 Å². The van der Waals surface area contributed by atoms with Crippen LogP contribution in [-0.4, -0.2) is 19.9 Å². The smallest absolute Gasteiger partial charge is 0.224 e. The van der Waals surface area contributed by atoms with Gasteiger partial charge in [-0.1, -0.05) is 121 Å². The molecule has 0 bridgehead atoms. The molecule has 58 heavy (non-hydrogen) atoms. The maximum absolute atomic E-state index is 14.8. The van der Waals surface area contributed by atoms with Crippen LogP contribution in [0.3, 0.4) is 0 Å². The zero-order valence-corrected chi connectivity index (χ0v) is 29.9. The van der Waals surface area contributed by atoms with Crippen LogP contribution in [0.1, 0.15) is 11.6 Å². The van der Waals surface area contributed by atoms with Crippen molar-refractivity contribution in [3.05, 3.63) is 157 Å². The van der Waals surface area contributed by atoms with E-state index >= 15 is 0 Å². The molecule has 0 aliphatic rings. The summed E-state index contributed by atoms with van der Waals surface area (Å²) in [6.07, 6.45) is -9.71. The van der Waals surface area contributed by atoms with E-state index in [0.29, 0.717) is 87.6 Å². The molecular weight excluding hydrogens is 747 g/mol. The fourth-order valence-electron chi connectivity index (χ4n) is 8.60. The summed E-state index contributed by atoms with van der Waals surface area (Å²) < 4.78 is 88.7. The summed E-state index contributed by atoms with van der Waals surface area (Å²) in [5.74, 6) is -2.52. The molecule has 11 rings (SSSR count). The Kier molecular flexibility index (Phi) is 7.14. The number of fused-ring (bicyclic) bond motifs is 2. The third kappa shape index (κ3) is 5.04. The SMILES string of the molecule is FC(F)(F)c1nc2c(-c3ccccc3)cc3c4cc(-c5ccccc5)c5nc(C(F)(F)F)nc6c(-c7ccccc7)cc(c7cc(-c8ccccc8)c(n1)c2c37)c4c56. The predicted octanol–water partition coefficient (Wildman–Crippen LogP) is 13.8. The zero-order valence-electron chi connectivity index (χ0n) is 29.9. The first kappa shape index (κ1) is 34.1. The van der Waals surface area contributed by atoms with Crippen LogP contribution < -0.4 is 0 Å². The molecule has 278 valence electrons. The van der Waals surface area contributed by atoms with Gasteiger partial charge in [-0.15, -0.1) is 0 Å². The van der Waals surface area contributed by atoms with Gasteiger partial charge >= 0.3 is 12.4 Å². The van der Waals surface area contributed by atoms with E-state index in [1.165, 1.54) is 0 Å². The van der Waals surface area contributed by atoms with Gasteiger partial charge in [-0.05, 0) is 68.1 Å². The van der Waals surface area contributed by atoms with Gasteiger partial charge in [0.25, 0.3) is 0 Å². The summed E-state index contributed by atoms with van der Waals surface area (Å²) in [5.41, 5.74) is 4.90. The highest BCUT2D eigenvalue weighted by atomic mass is 19.4. The summed E-state index contributed by atoms with van der Waals surface area (Å²) in [6.45, 7) is 0. The van der Waals surface area contributed by atoms with Crippen molar-refractivity contribution in [3.63, 3.8) is 0 Å². The highest BCUT2D eigenvalue weighted by Gasteiger charge is 2.38. The quantitative estimate of drug-likeness (QED) is 0.102. The monoisotopic (exact) mass is 770 g/mol. The minimum absolute atomic E-state index is 0.136. The highest BCUT2D eigenvalue weighted by molar-refractivity contribution is 6.42. The first-order valence-electron chi connectivity index (χ1n) is 18.4. The molecule has 0 spiro atoms. The van der Waals surface area contributed by atoms with E-state index in [9.17, 15) is 26.3 Å². The standard InChI is InChI=1S/C48H24F6N4/c49-47(50,51)45-55-41-29(25-13-5-1-6-14-25)21-33-34-22-31(27-17-9-3-10-18-27)43-40-38(34)36(35-23-30(26-15-7-2-8-16-26)42(56-45)39(41)37(33)35)24-32(28-19-11-4-12-20-28)44(40)58-46(57-43)48(52,53)54/h1-24H. The van der Waals surface area contributed by atoms with Gasteiger partial charge < -0.3 is 0 Å². The summed E-state index contributed by atoms with van der Waals surface area (Å²) >= 11 is 0. The molecule has 11 aromatic rings. The second-order valence-electron chi connectivity index (χ2n) is 14.3. The number of aromatic nitrogens is 4. The number of nitrogens with zero attached hydrogens (tertiary/aromatic N) is 4. The van der Waals surface area contributed by atoms with Crippen molar-refractivity contribution < 1.29 is 26.3 Å². The molecule has 0 atom stereocenters. The molecule has 0 saturated heterocycles. The predicted molar refractivity (Wildman–Crippen MR) is 217 cm³/mol. The molecule has 2 aromatic heterocycles. The zero-order chi connectivity index (χ0) is 39.5. The van der Waals surface area contributed by atoms with Gasteiger partial charge in [0.1, 0.15) is 0 Å². The molecule has 9 aromatic carbocycles. The lowest BCUT2D eigenvalue weighted by Gasteiger charge is -2.23. The topological polar surface area (TPSA) is 51.6 Å². The van der Waals surface area contributed by atoms with Gasteiger partial charge in [-0.25, -0.2) is 19.9 Å². The highest BCUT2D eigenvalue weighted by Crippen LogP contribution is 2.52. The number of benzene rings is 9. The number of hydrogen-bond acceptors (Lipinski definition) is 4. The van der Waals surface area contributed by atoms with Crippen LogP contribution in [0, 0.1) is 0 Å². The van der Waals surface area contributed by atoms with Crippen LogP contribution in [-0.2, 0) is 12.4 Å². The minimum Gasteiger partial charge on any atom is -0.224 e. The van der Waals surface area contributed by atoms with Gasteiger partial charge in [0.15, 0.2) is 0 Å². The van der Waals surface area contributed by atoms with Gasteiger partial charge in [-0.2, -0.15) is 26.3 Å². The van der Waals surface area contributed by atoms with Crippen LogP contribution in [0.2, 0.25) is 0 Å². The molecule has 0 fully saturated rings. The lowest BCUT2D eigenvalue weighted by atomic mass is 9.82. The van der Waals surface area contributed by atoms with Gasteiger partial charge in [0.2, 0.25) is 11.6 Å². The lowest BCUT2D eigenvalue weighted by Crippen LogP contribution is -2.13. The Morgan fingerprint density at radius 3 is 0.724 bits per heavy atom. The molecule has 0 aliphatic carbocycles. The van der Waals surface area contributed by atoms with Crippen LogP contribution in [0.4, 0.5) is 26.3 Å². The van der Waals surface area contributed by atoms with Crippen LogP contribution in [0.25, 0.3) is 110 Å². The van der Waals surface area contributed by atoms with E-state index in [1.807, 2.05) is 146 Å². The molecule has 0 unspecified atom stereocenters. The van der Waals surface area contributed by atoms with Crippen molar-refractivity contribution in [2.75, 3.05) is 0 Å².